The minimum absolute atomic E-state index is 0.00940. The van der Waals surface area contributed by atoms with Crippen LogP contribution in [0.2, 0.25) is 0 Å². The van der Waals surface area contributed by atoms with Gasteiger partial charge in [0.05, 0.1) is 11.2 Å². The van der Waals surface area contributed by atoms with E-state index in [0.29, 0.717) is 5.56 Å². The van der Waals surface area contributed by atoms with Crippen molar-refractivity contribution >= 4 is 17.6 Å². The van der Waals surface area contributed by atoms with Gasteiger partial charge in [0, 0.05) is 16.8 Å². The van der Waals surface area contributed by atoms with Crippen LogP contribution in [0.3, 0.4) is 0 Å². The summed E-state index contributed by atoms with van der Waals surface area (Å²) in [5, 5.41) is 0. The molecule has 2 aromatic carbocycles. The monoisotopic (exact) mass is 480 g/mol. The molecule has 2 aromatic rings. The molecule has 36 heavy (non-hydrogen) atoms. The van der Waals surface area contributed by atoms with E-state index in [1.807, 2.05) is 65.6 Å². The first kappa shape index (κ1) is 23.3. The second-order valence-electron chi connectivity index (χ2n) is 13.3. The molecule has 1 aliphatic heterocycles. The summed E-state index contributed by atoms with van der Waals surface area (Å²) in [5.41, 5.74) is 4.37. The predicted octanol–water partition coefficient (Wildman–Crippen LogP) is 7.74. The number of nitrogens with zero attached hydrogens (tertiary/aromatic N) is 2. The van der Waals surface area contributed by atoms with E-state index in [2.05, 4.69) is 40.7 Å². The van der Waals surface area contributed by atoms with Gasteiger partial charge in [-0.15, -0.1) is 0 Å². The molecule has 3 aliphatic carbocycles. The molecule has 4 nitrogen and oxygen atoms in total. The third-order valence-corrected chi connectivity index (χ3v) is 8.58. The molecule has 2 bridgehead atoms. The number of fused-ring (bicyclic) bond motifs is 1. The van der Waals surface area contributed by atoms with E-state index >= 15 is 0 Å². The molecular formula is C32H36N2O2. The predicted molar refractivity (Wildman–Crippen MR) is 144 cm³/mol. The lowest BCUT2D eigenvalue weighted by Crippen LogP contribution is -2.69. The molecule has 6 rings (SSSR count). The molecule has 1 saturated carbocycles. The number of amides is 3. The SMILES string of the molecule is CC1(C)CC2=C[C@@]3(C)CC(C)(C)C[C@]4(C3)C2=C(C1)N(c1ccccc1)C(=O)N4C(=O)c1ccccc1. The zero-order valence-electron chi connectivity index (χ0n) is 22.1. The summed E-state index contributed by atoms with van der Waals surface area (Å²) in [5.74, 6) is -0.195. The van der Waals surface area contributed by atoms with Crippen molar-refractivity contribution < 1.29 is 9.59 Å². The van der Waals surface area contributed by atoms with Crippen LogP contribution < -0.4 is 4.90 Å². The third-order valence-electron chi connectivity index (χ3n) is 8.58. The molecule has 186 valence electrons. The van der Waals surface area contributed by atoms with Crippen LogP contribution in [0.25, 0.3) is 0 Å². The number of carbonyl (C=O) groups excluding carboxylic acids is 2. The van der Waals surface area contributed by atoms with Gasteiger partial charge in [-0.3, -0.25) is 9.69 Å². The number of imide groups is 1. The standard InChI is InChI=1S/C32H36N2O2/c1-29(2)16-23-17-31(5)19-30(3,4)20-32(21-31)26(23)25(18-29)33(24-14-10-7-11-15-24)28(36)34(32)27(35)22-12-8-6-9-13-22/h6-15,17H,16,18-21H2,1-5H3/t31-,32-/m0/s1. The highest BCUT2D eigenvalue weighted by Crippen LogP contribution is 2.65. The van der Waals surface area contributed by atoms with Gasteiger partial charge in [0.25, 0.3) is 5.91 Å². The lowest BCUT2D eigenvalue weighted by atomic mass is 9.49. The summed E-state index contributed by atoms with van der Waals surface area (Å²) >= 11 is 0. The number of hydrogen-bond acceptors (Lipinski definition) is 2. The average molecular weight is 481 g/mol. The van der Waals surface area contributed by atoms with E-state index in [1.165, 1.54) is 11.1 Å². The Balaban J connectivity index is 1.68. The van der Waals surface area contributed by atoms with E-state index in [1.54, 1.807) is 4.90 Å². The maximum atomic E-state index is 14.7. The Hall–Kier alpha value is -3.14. The Morgan fingerprint density at radius 3 is 2.08 bits per heavy atom. The second-order valence-corrected chi connectivity index (χ2v) is 13.3. The van der Waals surface area contributed by atoms with Gasteiger partial charge >= 0.3 is 6.03 Å². The zero-order chi connectivity index (χ0) is 25.5. The Bertz CT molecular complexity index is 1320. The fourth-order valence-corrected chi connectivity index (χ4v) is 8.22. The molecule has 0 saturated heterocycles. The van der Waals surface area contributed by atoms with E-state index < -0.39 is 5.54 Å². The minimum Gasteiger partial charge on any atom is -0.269 e. The van der Waals surface area contributed by atoms with Gasteiger partial charge in [0.1, 0.15) is 0 Å². The lowest BCUT2D eigenvalue weighted by molar-refractivity contribution is -0.00217. The summed E-state index contributed by atoms with van der Waals surface area (Å²) in [4.78, 5) is 32.5. The highest BCUT2D eigenvalue weighted by Gasteiger charge is 2.64. The summed E-state index contributed by atoms with van der Waals surface area (Å²) in [7, 11) is 0. The Morgan fingerprint density at radius 1 is 0.778 bits per heavy atom. The van der Waals surface area contributed by atoms with Crippen molar-refractivity contribution in [3.63, 3.8) is 0 Å². The smallest absolute Gasteiger partial charge is 0.269 e. The van der Waals surface area contributed by atoms with Crippen LogP contribution in [-0.4, -0.2) is 22.4 Å². The molecule has 0 unspecified atom stereocenters. The zero-order valence-corrected chi connectivity index (χ0v) is 22.1. The quantitative estimate of drug-likeness (QED) is 0.441. The normalized spacial score (nSPS) is 30.0. The van der Waals surface area contributed by atoms with E-state index in [4.69, 9.17) is 0 Å². The van der Waals surface area contributed by atoms with Crippen LogP contribution in [-0.2, 0) is 0 Å². The summed E-state index contributed by atoms with van der Waals surface area (Å²) in [6.07, 6.45) is 6.92. The van der Waals surface area contributed by atoms with Crippen molar-refractivity contribution in [2.75, 3.05) is 4.90 Å². The van der Waals surface area contributed by atoms with Crippen LogP contribution in [0.5, 0.6) is 0 Å². The number of para-hydroxylation sites is 1. The van der Waals surface area contributed by atoms with Gasteiger partial charge in [-0.25, -0.2) is 9.69 Å². The first-order chi connectivity index (χ1) is 16.9. The Labute approximate surface area is 214 Å². The summed E-state index contributed by atoms with van der Waals surface area (Å²) in [6.45, 7) is 11.5. The molecule has 1 spiro atoms. The fraction of sp³-hybridized carbons (Fsp3) is 0.438. The maximum absolute atomic E-state index is 14.7. The van der Waals surface area contributed by atoms with Crippen molar-refractivity contribution in [1.29, 1.82) is 0 Å². The first-order valence-corrected chi connectivity index (χ1v) is 13.2. The molecular weight excluding hydrogens is 444 g/mol. The minimum atomic E-state index is -0.637. The molecule has 0 aromatic heterocycles. The molecule has 0 N–H and O–H groups in total. The van der Waals surface area contributed by atoms with Gasteiger partial charge in [-0.05, 0) is 78.2 Å². The highest BCUT2D eigenvalue weighted by atomic mass is 16.2. The molecule has 4 aliphatic rings. The van der Waals surface area contributed by atoms with Crippen LogP contribution >= 0.6 is 0 Å². The third kappa shape index (κ3) is 3.41. The van der Waals surface area contributed by atoms with Gasteiger partial charge in [0.2, 0.25) is 0 Å². The van der Waals surface area contributed by atoms with Crippen molar-refractivity contribution in [2.45, 2.75) is 72.3 Å². The van der Waals surface area contributed by atoms with Crippen LogP contribution in [0.4, 0.5) is 10.5 Å². The second kappa shape index (κ2) is 7.44. The topological polar surface area (TPSA) is 40.6 Å². The summed E-state index contributed by atoms with van der Waals surface area (Å²) < 4.78 is 0. The van der Waals surface area contributed by atoms with Crippen LogP contribution in [0.15, 0.2) is 83.6 Å². The summed E-state index contributed by atoms with van der Waals surface area (Å²) in [6, 6.07) is 19.0. The maximum Gasteiger partial charge on any atom is 0.336 e. The average Bonchev–Trinajstić information content (AvgIpc) is 2.77. The Morgan fingerprint density at radius 2 is 1.42 bits per heavy atom. The number of allylic oxidation sites excluding steroid dienone is 2. The van der Waals surface area contributed by atoms with Gasteiger partial charge in [-0.2, -0.15) is 0 Å². The van der Waals surface area contributed by atoms with Crippen molar-refractivity contribution in [1.82, 2.24) is 4.90 Å². The lowest BCUT2D eigenvalue weighted by Gasteiger charge is -2.64. The number of anilines is 1. The molecule has 2 atom stereocenters. The van der Waals surface area contributed by atoms with E-state index in [-0.39, 0.29) is 28.2 Å². The molecule has 4 heteroatoms. The van der Waals surface area contributed by atoms with Crippen LogP contribution in [0, 0.1) is 16.2 Å². The van der Waals surface area contributed by atoms with Gasteiger partial charge in [-0.1, -0.05) is 77.1 Å². The Kier molecular flexibility index (Phi) is 4.81. The van der Waals surface area contributed by atoms with Gasteiger partial charge in [0.15, 0.2) is 0 Å². The van der Waals surface area contributed by atoms with Crippen molar-refractivity contribution in [2.24, 2.45) is 16.2 Å². The van der Waals surface area contributed by atoms with Crippen LogP contribution in [0.1, 0.15) is 77.1 Å². The number of rotatable bonds is 2. The molecule has 1 fully saturated rings. The number of benzene rings is 2. The number of hydrogen-bond donors (Lipinski definition) is 0. The van der Waals surface area contributed by atoms with Gasteiger partial charge < -0.3 is 0 Å². The molecule has 3 amide bonds. The number of urea groups is 1. The number of carbonyl (C=O) groups is 2. The van der Waals surface area contributed by atoms with Crippen molar-refractivity contribution in [3.05, 3.63) is 89.1 Å². The van der Waals surface area contributed by atoms with E-state index in [0.717, 1.165) is 43.5 Å². The fourth-order valence-electron chi connectivity index (χ4n) is 8.22. The first-order valence-electron chi connectivity index (χ1n) is 13.2. The molecule has 0 radical (unpaired) electrons. The molecule has 1 heterocycles. The largest absolute Gasteiger partial charge is 0.336 e. The van der Waals surface area contributed by atoms with Crippen molar-refractivity contribution in [3.8, 4) is 0 Å². The highest BCUT2D eigenvalue weighted by molar-refractivity contribution is 6.12. The van der Waals surface area contributed by atoms with E-state index in [9.17, 15) is 9.59 Å².